The van der Waals surface area contributed by atoms with Crippen LogP contribution >= 0.6 is 11.6 Å². The number of nitrogens with zero attached hydrogens (tertiary/aromatic N) is 2. The maximum atomic E-state index is 13.7. The molecule has 7 nitrogen and oxygen atoms in total. The molecule has 1 fully saturated rings. The SMILES string of the molecule is CCC(CC)C(=O)N(Cc1ccc(C(=O)NCc2cccc(Cl)c2)cc1)C1CCN(Cc2ccc(OC)c(O)c2)CC1. The predicted molar refractivity (Wildman–Crippen MR) is 167 cm³/mol. The Hall–Kier alpha value is -3.55. The third-order valence-electron chi connectivity index (χ3n) is 8.18. The van der Waals surface area contributed by atoms with Crippen molar-refractivity contribution in [1.29, 1.82) is 0 Å². The Kier molecular flexibility index (Phi) is 11.3. The summed E-state index contributed by atoms with van der Waals surface area (Å²) in [6.07, 6.45) is 3.41. The quantitative estimate of drug-likeness (QED) is 0.254. The fraction of sp³-hybridized carbons (Fsp3) is 0.412. The lowest BCUT2D eigenvalue weighted by molar-refractivity contribution is -0.140. The number of benzene rings is 3. The summed E-state index contributed by atoms with van der Waals surface area (Å²) in [4.78, 5) is 30.9. The zero-order valence-electron chi connectivity index (χ0n) is 24.8. The highest BCUT2D eigenvalue weighted by molar-refractivity contribution is 6.30. The molecule has 1 aliphatic rings. The average molecular weight is 592 g/mol. The largest absolute Gasteiger partial charge is 0.504 e. The van der Waals surface area contributed by atoms with Crippen molar-refractivity contribution < 1.29 is 19.4 Å². The van der Waals surface area contributed by atoms with Gasteiger partial charge in [-0.05, 0) is 78.8 Å². The fourth-order valence-corrected chi connectivity index (χ4v) is 5.84. The topological polar surface area (TPSA) is 82.1 Å². The Balaban J connectivity index is 1.38. The first kappa shape index (κ1) is 31.4. The van der Waals surface area contributed by atoms with E-state index in [1.807, 2.05) is 48.5 Å². The number of methoxy groups -OCH3 is 1. The van der Waals surface area contributed by atoms with Crippen LogP contribution in [0, 0.1) is 5.92 Å². The van der Waals surface area contributed by atoms with Gasteiger partial charge in [-0.2, -0.15) is 0 Å². The normalized spacial score (nSPS) is 14.1. The van der Waals surface area contributed by atoms with Gasteiger partial charge in [0.2, 0.25) is 5.91 Å². The van der Waals surface area contributed by atoms with Crippen LogP contribution in [-0.4, -0.2) is 53.0 Å². The van der Waals surface area contributed by atoms with Crippen LogP contribution in [0.15, 0.2) is 66.7 Å². The van der Waals surface area contributed by atoms with Gasteiger partial charge >= 0.3 is 0 Å². The van der Waals surface area contributed by atoms with E-state index in [1.165, 1.54) is 0 Å². The van der Waals surface area contributed by atoms with Crippen LogP contribution < -0.4 is 10.1 Å². The van der Waals surface area contributed by atoms with Crippen molar-refractivity contribution in [3.8, 4) is 11.5 Å². The molecule has 1 heterocycles. The molecular weight excluding hydrogens is 550 g/mol. The lowest BCUT2D eigenvalue weighted by Gasteiger charge is -2.40. The second kappa shape index (κ2) is 15.1. The molecule has 0 aromatic heterocycles. The summed E-state index contributed by atoms with van der Waals surface area (Å²) in [6, 6.07) is 20.7. The van der Waals surface area contributed by atoms with Crippen LogP contribution in [-0.2, 0) is 24.4 Å². The summed E-state index contributed by atoms with van der Waals surface area (Å²) in [5.74, 6) is 0.684. The van der Waals surface area contributed by atoms with Crippen molar-refractivity contribution in [3.05, 3.63) is 94.0 Å². The molecule has 0 spiro atoms. The third kappa shape index (κ3) is 8.26. The van der Waals surface area contributed by atoms with Crippen molar-refractivity contribution in [1.82, 2.24) is 15.1 Å². The molecule has 0 saturated carbocycles. The molecule has 0 radical (unpaired) electrons. The highest BCUT2D eigenvalue weighted by Crippen LogP contribution is 2.28. The lowest BCUT2D eigenvalue weighted by Crippen LogP contribution is -2.48. The Morgan fingerprint density at radius 2 is 1.69 bits per heavy atom. The van der Waals surface area contributed by atoms with Crippen molar-refractivity contribution in [2.45, 2.75) is 65.2 Å². The minimum absolute atomic E-state index is 0.00171. The number of hydrogen-bond acceptors (Lipinski definition) is 5. The van der Waals surface area contributed by atoms with Gasteiger partial charge in [0.15, 0.2) is 11.5 Å². The second-order valence-corrected chi connectivity index (χ2v) is 11.4. The van der Waals surface area contributed by atoms with E-state index in [4.69, 9.17) is 16.3 Å². The maximum absolute atomic E-state index is 13.7. The predicted octanol–water partition coefficient (Wildman–Crippen LogP) is 6.41. The number of nitrogens with one attached hydrogen (secondary N) is 1. The van der Waals surface area contributed by atoms with Crippen LogP contribution in [0.5, 0.6) is 11.5 Å². The second-order valence-electron chi connectivity index (χ2n) is 11.0. The van der Waals surface area contributed by atoms with Crippen molar-refractivity contribution >= 4 is 23.4 Å². The number of likely N-dealkylation sites (tertiary alicyclic amines) is 1. The van der Waals surface area contributed by atoms with Gasteiger partial charge in [-0.3, -0.25) is 14.5 Å². The van der Waals surface area contributed by atoms with Gasteiger partial charge in [0.05, 0.1) is 7.11 Å². The van der Waals surface area contributed by atoms with Gasteiger partial charge in [-0.15, -0.1) is 0 Å². The first-order chi connectivity index (χ1) is 20.3. The van der Waals surface area contributed by atoms with Crippen molar-refractivity contribution in [3.63, 3.8) is 0 Å². The molecule has 1 saturated heterocycles. The van der Waals surface area contributed by atoms with E-state index in [9.17, 15) is 14.7 Å². The number of halogens is 1. The number of amides is 2. The standard InChI is InChI=1S/C34H42ClN3O4/c1-4-27(5-2)34(41)38(30-15-17-37(18-16-30)22-26-11-14-32(42-3)31(39)20-26)23-24-9-12-28(13-10-24)33(40)36-21-25-7-6-8-29(35)19-25/h6-14,19-20,27,30,39H,4-5,15-18,21-23H2,1-3H3,(H,36,40). The molecule has 3 aromatic carbocycles. The minimum atomic E-state index is -0.149. The van der Waals surface area contributed by atoms with Crippen LogP contribution in [0.4, 0.5) is 0 Å². The number of piperidine rings is 1. The van der Waals surface area contributed by atoms with Gasteiger partial charge in [-0.1, -0.05) is 55.8 Å². The monoisotopic (exact) mass is 591 g/mol. The van der Waals surface area contributed by atoms with Crippen molar-refractivity contribution in [2.75, 3.05) is 20.2 Å². The molecule has 1 aliphatic heterocycles. The summed E-state index contributed by atoms with van der Waals surface area (Å²) in [6.45, 7) is 7.56. The van der Waals surface area contributed by atoms with Crippen LogP contribution in [0.2, 0.25) is 5.02 Å². The summed E-state index contributed by atoms with van der Waals surface area (Å²) >= 11 is 6.05. The van der Waals surface area contributed by atoms with Gasteiger partial charge < -0.3 is 20.1 Å². The molecule has 2 amide bonds. The highest BCUT2D eigenvalue weighted by atomic mass is 35.5. The van der Waals surface area contributed by atoms with Gasteiger partial charge in [0, 0.05) is 55.3 Å². The molecule has 4 rings (SSSR count). The summed E-state index contributed by atoms with van der Waals surface area (Å²) < 4.78 is 5.16. The Labute approximate surface area is 254 Å². The number of ether oxygens (including phenoxy) is 1. The van der Waals surface area contributed by atoms with Crippen molar-refractivity contribution in [2.24, 2.45) is 5.92 Å². The number of rotatable bonds is 12. The first-order valence-electron chi connectivity index (χ1n) is 14.8. The molecule has 0 bridgehead atoms. The Morgan fingerprint density at radius 3 is 2.31 bits per heavy atom. The molecule has 0 atom stereocenters. The molecule has 2 N–H and O–H groups in total. The molecule has 224 valence electrons. The van der Waals surface area contributed by atoms with E-state index in [-0.39, 0.29) is 29.5 Å². The molecule has 3 aromatic rings. The van der Waals surface area contributed by atoms with E-state index in [0.29, 0.717) is 29.4 Å². The highest BCUT2D eigenvalue weighted by Gasteiger charge is 2.31. The maximum Gasteiger partial charge on any atom is 0.251 e. The molecular formula is C34H42ClN3O4. The minimum Gasteiger partial charge on any atom is -0.504 e. The number of phenolic OH excluding ortho intramolecular Hbond substituents is 1. The van der Waals surface area contributed by atoms with E-state index < -0.39 is 0 Å². The number of carbonyl (C=O) groups is 2. The van der Waals surface area contributed by atoms with E-state index in [0.717, 1.165) is 62.0 Å². The molecule has 8 heteroatoms. The zero-order chi connectivity index (χ0) is 30.1. The Bertz CT molecular complexity index is 1330. The molecule has 0 unspecified atom stereocenters. The van der Waals surface area contributed by atoms with Crippen LogP contribution in [0.1, 0.15) is 66.6 Å². The Morgan fingerprint density at radius 1 is 1.00 bits per heavy atom. The zero-order valence-corrected chi connectivity index (χ0v) is 25.6. The number of aromatic hydroxyl groups is 1. The van der Waals surface area contributed by atoms with E-state index >= 15 is 0 Å². The molecule has 42 heavy (non-hydrogen) atoms. The average Bonchev–Trinajstić information content (AvgIpc) is 3.00. The smallest absolute Gasteiger partial charge is 0.251 e. The lowest BCUT2D eigenvalue weighted by atomic mass is 9.96. The fourth-order valence-electron chi connectivity index (χ4n) is 5.63. The van der Waals surface area contributed by atoms with Gasteiger partial charge in [0.25, 0.3) is 5.91 Å². The number of carbonyl (C=O) groups excluding carboxylic acids is 2. The molecule has 0 aliphatic carbocycles. The van der Waals surface area contributed by atoms with Crippen LogP contribution in [0.25, 0.3) is 0 Å². The first-order valence-corrected chi connectivity index (χ1v) is 15.2. The summed E-state index contributed by atoms with van der Waals surface area (Å²) in [5.41, 5.74) is 3.57. The number of hydrogen-bond donors (Lipinski definition) is 2. The number of phenols is 1. The van der Waals surface area contributed by atoms with E-state index in [2.05, 4.69) is 29.0 Å². The van der Waals surface area contributed by atoms with Gasteiger partial charge in [0.1, 0.15) is 0 Å². The van der Waals surface area contributed by atoms with E-state index in [1.54, 1.807) is 25.3 Å². The van der Waals surface area contributed by atoms with Crippen LogP contribution in [0.3, 0.4) is 0 Å². The summed E-state index contributed by atoms with van der Waals surface area (Å²) in [5, 5.41) is 13.7. The summed E-state index contributed by atoms with van der Waals surface area (Å²) in [7, 11) is 1.55. The third-order valence-corrected chi connectivity index (χ3v) is 8.41. The van der Waals surface area contributed by atoms with Gasteiger partial charge in [-0.25, -0.2) is 0 Å².